The van der Waals surface area contributed by atoms with Crippen molar-refractivity contribution in [1.82, 2.24) is 34.7 Å². The Kier molecular flexibility index (Phi) is 7.27. The van der Waals surface area contributed by atoms with Crippen LogP contribution in [0.25, 0.3) is 39.1 Å². The van der Waals surface area contributed by atoms with Crippen molar-refractivity contribution in [2.45, 2.75) is 32.4 Å². The van der Waals surface area contributed by atoms with Crippen molar-refractivity contribution >= 4 is 22.7 Å². The first-order valence-corrected chi connectivity index (χ1v) is 14.8. The van der Waals surface area contributed by atoms with E-state index in [4.69, 9.17) is 9.72 Å². The van der Waals surface area contributed by atoms with Crippen molar-refractivity contribution in [3.8, 4) is 22.4 Å². The largest absolute Gasteiger partial charge is 0.378 e. The van der Waals surface area contributed by atoms with Gasteiger partial charge in [0.05, 0.1) is 24.6 Å². The van der Waals surface area contributed by atoms with Crippen LogP contribution >= 0.6 is 0 Å². The first-order valence-electron chi connectivity index (χ1n) is 14.8. The fourth-order valence-corrected chi connectivity index (χ4v) is 6.00. The van der Waals surface area contributed by atoms with Gasteiger partial charge in [0, 0.05) is 67.5 Å². The molecule has 2 saturated heterocycles. The van der Waals surface area contributed by atoms with E-state index >= 15 is 0 Å². The average molecular weight is 562 g/mol. The molecule has 0 bridgehead atoms. The lowest BCUT2D eigenvalue weighted by Crippen LogP contribution is -2.51. The van der Waals surface area contributed by atoms with Crippen molar-refractivity contribution in [3.63, 3.8) is 0 Å². The van der Waals surface area contributed by atoms with E-state index in [2.05, 4.69) is 74.9 Å². The van der Waals surface area contributed by atoms with Gasteiger partial charge in [0.2, 0.25) is 0 Å². The first kappa shape index (κ1) is 26.6. The number of ether oxygens (including phenoxy) is 1. The van der Waals surface area contributed by atoms with E-state index in [0.29, 0.717) is 26.3 Å². The van der Waals surface area contributed by atoms with Crippen LogP contribution in [0.4, 0.5) is 4.79 Å². The molecule has 9 nitrogen and oxygen atoms in total. The van der Waals surface area contributed by atoms with Crippen LogP contribution in [0.2, 0.25) is 0 Å². The summed E-state index contributed by atoms with van der Waals surface area (Å²) in [4.78, 5) is 26.7. The third kappa shape index (κ3) is 5.45. The van der Waals surface area contributed by atoms with E-state index < -0.39 is 0 Å². The van der Waals surface area contributed by atoms with Crippen molar-refractivity contribution < 1.29 is 9.53 Å². The Balaban J connectivity index is 1.08. The van der Waals surface area contributed by atoms with Gasteiger partial charge in [0.25, 0.3) is 0 Å². The smallest absolute Gasteiger partial charge is 0.317 e. The Hall–Kier alpha value is -4.34. The Morgan fingerprint density at radius 1 is 0.952 bits per heavy atom. The Bertz CT molecular complexity index is 1700. The van der Waals surface area contributed by atoms with Gasteiger partial charge in [-0.05, 0) is 37.0 Å². The van der Waals surface area contributed by atoms with E-state index in [9.17, 15) is 4.79 Å². The molecule has 3 aromatic heterocycles. The molecular formula is C33H35N7O2. The normalized spacial score (nSPS) is 16.7. The number of pyridine rings is 1. The van der Waals surface area contributed by atoms with Gasteiger partial charge in [-0.25, -0.2) is 14.8 Å². The quantitative estimate of drug-likeness (QED) is 0.328. The molecule has 0 aliphatic carbocycles. The molecule has 5 heterocycles. The number of fused-ring (bicyclic) bond motifs is 3. The highest BCUT2D eigenvalue weighted by Gasteiger charge is 2.24. The van der Waals surface area contributed by atoms with Gasteiger partial charge >= 0.3 is 6.03 Å². The lowest BCUT2D eigenvalue weighted by atomic mass is 9.97. The van der Waals surface area contributed by atoms with Crippen LogP contribution in [0.1, 0.15) is 24.1 Å². The fraction of sp³-hybridized carbons (Fsp3) is 0.333. The van der Waals surface area contributed by atoms with Gasteiger partial charge in [0.15, 0.2) is 11.3 Å². The third-order valence-electron chi connectivity index (χ3n) is 8.31. The molecule has 9 heteroatoms. The molecule has 0 saturated carbocycles. The van der Waals surface area contributed by atoms with E-state index in [1.54, 1.807) is 0 Å². The summed E-state index contributed by atoms with van der Waals surface area (Å²) in [6, 6.07) is 23.6. The van der Waals surface area contributed by atoms with Crippen LogP contribution in [-0.2, 0) is 11.3 Å². The second-order valence-electron chi connectivity index (χ2n) is 11.3. The highest BCUT2D eigenvalue weighted by atomic mass is 16.5. The Morgan fingerprint density at radius 3 is 2.48 bits per heavy atom. The predicted molar refractivity (Wildman–Crippen MR) is 163 cm³/mol. The number of urea groups is 1. The van der Waals surface area contributed by atoms with Crippen LogP contribution in [0.5, 0.6) is 0 Å². The summed E-state index contributed by atoms with van der Waals surface area (Å²) in [6.45, 7) is 7.39. The first-order chi connectivity index (χ1) is 20.6. The van der Waals surface area contributed by atoms with Crippen LogP contribution in [0.15, 0.2) is 72.9 Å². The maximum absolute atomic E-state index is 12.6. The van der Waals surface area contributed by atoms with Gasteiger partial charge in [-0.15, -0.1) is 0 Å². The van der Waals surface area contributed by atoms with Gasteiger partial charge in [0.1, 0.15) is 0 Å². The zero-order chi connectivity index (χ0) is 28.5. The SMILES string of the molecule is Cc1cc2ncc3cc(-c4ccccc4)c(-c4ccc(CN5CCC(NC(=O)N6CCOCC6)CC5)cc4)nc3n2n1. The molecule has 214 valence electrons. The van der Waals surface area contributed by atoms with Crippen molar-refractivity contribution in [2.75, 3.05) is 39.4 Å². The minimum atomic E-state index is 0.0456. The molecule has 5 aromatic rings. The molecule has 2 aliphatic heterocycles. The minimum absolute atomic E-state index is 0.0456. The molecule has 0 atom stereocenters. The predicted octanol–water partition coefficient (Wildman–Crippen LogP) is 4.93. The Labute approximate surface area is 245 Å². The summed E-state index contributed by atoms with van der Waals surface area (Å²) in [5.41, 5.74) is 7.97. The van der Waals surface area contributed by atoms with Gasteiger partial charge in [-0.1, -0.05) is 54.6 Å². The summed E-state index contributed by atoms with van der Waals surface area (Å²) in [5, 5.41) is 8.84. The molecule has 7 rings (SSSR count). The van der Waals surface area contributed by atoms with Crippen LogP contribution < -0.4 is 5.32 Å². The third-order valence-corrected chi connectivity index (χ3v) is 8.31. The molecule has 0 unspecified atom stereocenters. The summed E-state index contributed by atoms with van der Waals surface area (Å²) < 4.78 is 7.20. The zero-order valence-corrected chi connectivity index (χ0v) is 23.9. The van der Waals surface area contributed by atoms with Crippen molar-refractivity contribution in [1.29, 1.82) is 0 Å². The topological polar surface area (TPSA) is 87.9 Å². The number of likely N-dealkylation sites (tertiary alicyclic amines) is 1. The standard InChI is InChI=1S/C33H35N7O2/c1-23-19-30-34-21-27-20-29(25-5-3-2-4-6-25)31(36-32(27)40(30)37-23)26-9-7-24(8-10-26)22-38-13-11-28(12-14-38)35-33(41)39-15-17-42-18-16-39/h2-10,19-21,28H,11-18,22H2,1H3,(H,35,41). The maximum Gasteiger partial charge on any atom is 0.317 e. The van der Waals surface area contributed by atoms with Crippen molar-refractivity contribution in [2.24, 2.45) is 0 Å². The average Bonchev–Trinajstić information content (AvgIpc) is 3.43. The van der Waals surface area contributed by atoms with E-state index in [0.717, 1.165) is 77.2 Å². The van der Waals surface area contributed by atoms with Gasteiger partial charge < -0.3 is 15.0 Å². The number of nitrogens with one attached hydrogen (secondary N) is 1. The molecule has 2 aliphatic rings. The number of hydrogen-bond donors (Lipinski definition) is 1. The monoisotopic (exact) mass is 561 g/mol. The number of aryl methyl sites for hydroxylation is 1. The van der Waals surface area contributed by atoms with Crippen LogP contribution in [0.3, 0.4) is 0 Å². The molecule has 2 aromatic carbocycles. The number of nitrogens with zero attached hydrogens (tertiary/aromatic N) is 6. The van der Waals surface area contributed by atoms with Crippen LogP contribution in [0, 0.1) is 6.92 Å². The number of benzene rings is 2. The molecule has 1 N–H and O–H groups in total. The lowest BCUT2D eigenvalue weighted by molar-refractivity contribution is 0.0516. The highest BCUT2D eigenvalue weighted by Crippen LogP contribution is 2.33. The minimum Gasteiger partial charge on any atom is -0.378 e. The summed E-state index contributed by atoms with van der Waals surface area (Å²) >= 11 is 0. The van der Waals surface area contributed by atoms with E-state index in [1.807, 2.05) is 34.7 Å². The summed E-state index contributed by atoms with van der Waals surface area (Å²) in [7, 11) is 0. The summed E-state index contributed by atoms with van der Waals surface area (Å²) in [5.74, 6) is 0. The summed E-state index contributed by atoms with van der Waals surface area (Å²) in [6.07, 6.45) is 3.81. The van der Waals surface area contributed by atoms with E-state index in [1.165, 1.54) is 5.56 Å². The number of morpholine rings is 1. The number of hydrogen-bond acceptors (Lipinski definition) is 6. The lowest BCUT2D eigenvalue weighted by Gasteiger charge is -2.34. The molecule has 2 fully saturated rings. The zero-order valence-electron chi connectivity index (χ0n) is 23.9. The molecule has 42 heavy (non-hydrogen) atoms. The number of rotatable bonds is 5. The van der Waals surface area contributed by atoms with E-state index in [-0.39, 0.29) is 12.1 Å². The highest BCUT2D eigenvalue weighted by molar-refractivity contribution is 5.90. The molecular weight excluding hydrogens is 526 g/mol. The second kappa shape index (κ2) is 11.5. The Morgan fingerprint density at radius 2 is 1.71 bits per heavy atom. The van der Waals surface area contributed by atoms with Gasteiger partial charge in [-0.2, -0.15) is 9.61 Å². The number of amides is 2. The number of carbonyl (C=O) groups is 1. The maximum atomic E-state index is 12.6. The second-order valence-corrected chi connectivity index (χ2v) is 11.3. The van der Waals surface area contributed by atoms with Crippen LogP contribution in [-0.4, -0.2) is 80.8 Å². The number of piperidine rings is 1. The molecule has 2 amide bonds. The molecule has 0 radical (unpaired) electrons. The fourth-order valence-electron chi connectivity index (χ4n) is 6.00. The number of aromatic nitrogens is 4. The van der Waals surface area contributed by atoms with Crippen molar-refractivity contribution in [3.05, 3.63) is 84.2 Å². The van der Waals surface area contributed by atoms with Gasteiger partial charge in [-0.3, -0.25) is 4.90 Å². The number of carbonyl (C=O) groups excluding carboxylic acids is 1. The molecule has 0 spiro atoms.